The summed E-state index contributed by atoms with van der Waals surface area (Å²) in [6, 6.07) is 0.168. The third kappa shape index (κ3) is 2.76. The number of nitrogens with zero attached hydrogens (tertiary/aromatic N) is 3. The van der Waals surface area contributed by atoms with Gasteiger partial charge in [-0.3, -0.25) is 0 Å². The number of nitrogens with one attached hydrogen (secondary N) is 1. The topological polar surface area (TPSA) is 75.2 Å². The summed E-state index contributed by atoms with van der Waals surface area (Å²) in [5.41, 5.74) is 0. The van der Waals surface area contributed by atoms with Crippen molar-refractivity contribution in [3.05, 3.63) is 12.4 Å². The zero-order valence-electron chi connectivity index (χ0n) is 12.3. The lowest BCUT2D eigenvalue weighted by molar-refractivity contribution is 0.129. The van der Waals surface area contributed by atoms with Crippen LogP contribution in [0.5, 0.6) is 0 Å². The van der Waals surface area contributed by atoms with Crippen molar-refractivity contribution in [3.63, 3.8) is 0 Å². The highest BCUT2D eigenvalue weighted by atomic mass is 32.2. The van der Waals surface area contributed by atoms with E-state index in [9.17, 15) is 8.42 Å². The van der Waals surface area contributed by atoms with Crippen LogP contribution in [0.25, 0.3) is 0 Å². The number of hydrogen-bond donors (Lipinski definition) is 1. The van der Waals surface area contributed by atoms with Crippen LogP contribution >= 0.6 is 0 Å². The number of anilines is 1. The summed E-state index contributed by atoms with van der Waals surface area (Å²) >= 11 is 0. The van der Waals surface area contributed by atoms with Gasteiger partial charge >= 0.3 is 0 Å². The Bertz CT molecular complexity index is 585. The van der Waals surface area contributed by atoms with Gasteiger partial charge in [0, 0.05) is 19.6 Å². The van der Waals surface area contributed by atoms with Crippen molar-refractivity contribution in [2.24, 2.45) is 5.92 Å². The van der Waals surface area contributed by atoms with Gasteiger partial charge in [0.15, 0.2) is 0 Å². The minimum atomic E-state index is -3.48. The van der Waals surface area contributed by atoms with Gasteiger partial charge < -0.3 is 5.32 Å². The number of rotatable bonds is 3. The molecule has 2 atom stereocenters. The molecule has 1 aromatic heterocycles. The third-order valence-electron chi connectivity index (χ3n) is 4.65. The minimum absolute atomic E-state index is 0.168. The first-order chi connectivity index (χ1) is 10.1. The van der Waals surface area contributed by atoms with Crippen molar-refractivity contribution in [2.75, 3.05) is 18.9 Å². The van der Waals surface area contributed by atoms with Gasteiger partial charge in [0.25, 0.3) is 0 Å². The zero-order chi connectivity index (χ0) is 14.9. The smallest absolute Gasteiger partial charge is 0.246 e. The molecule has 2 unspecified atom stereocenters. The fraction of sp³-hybridized carbons (Fsp3) is 0.714. The van der Waals surface area contributed by atoms with Crippen LogP contribution in [0.2, 0.25) is 0 Å². The Kier molecular flexibility index (Phi) is 4.12. The molecule has 2 fully saturated rings. The van der Waals surface area contributed by atoms with Crippen molar-refractivity contribution in [3.8, 4) is 0 Å². The first-order valence-corrected chi connectivity index (χ1v) is 9.08. The van der Waals surface area contributed by atoms with Crippen molar-refractivity contribution in [1.82, 2.24) is 14.3 Å². The maximum absolute atomic E-state index is 12.9. The number of hydrogen-bond acceptors (Lipinski definition) is 5. The largest absolute Gasteiger partial charge is 0.357 e. The van der Waals surface area contributed by atoms with E-state index in [-0.39, 0.29) is 10.9 Å². The average Bonchev–Trinajstić information content (AvgIpc) is 2.54. The monoisotopic (exact) mass is 310 g/mol. The van der Waals surface area contributed by atoms with Crippen LogP contribution in [0.15, 0.2) is 17.3 Å². The van der Waals surface area contributed by atoms with E-state index in [2.05, 4.69) is 15.3 Å². The summed E-state index contributed by atoms with van der Waals surface area (Å²) in [7, 11) is -1.77. The van der Waals surface area contributed by atoms with Gasteiger partial charge in [-0.15, -0.1) is 0 Å². The van der Waals surface area contributed by atoms with E-state index in [0.717, 1.165) is 32.1 Å². The minimum Gasteiger partial charge on any atom is -0.357 e. The van der Waals surface area contributed by atoms with Crippen LogP contribution in [-0.2, 0) is 10.0 Å². The van der Waals surface area contributed by atoms with E-state index < -0.39 is 10.0 Å². The van der Waals surface area contributed by atoms with Crippen molar-refractivity contribution >= 4 is 16.0 Å². The van der Waals surface area contributed by atoms with E-state index in [0.29, 0.717) is 18.4 Å². The molecule has 0 aromatic carbocycles. The summed E-state index contributed by atoms with van der Waals surface area (Å²) in [6.07, 6.45) is 9.42. The summed E-state index contributed by atoms with van der Waals surface area (Å²) in [6.45, 7) is 0.622. The normalized spacial score (nSPS) is 27.1. The number of piperidine rings is 1. The average molecular weight is 310 g/mol. The molecule has 2 heterocycles. The molecule has 0 bridgehead atoms. The molecule has 1 saturated carbocycles. The molecule has 1 N–H and O–H groups in total. The predicted molar refractivity (Wildman–Crippen MR) is 80.5 cm³/mol. The fourth-order valence-electron chi connectivity index (χ4n) is 3.59. The van der Waals surface area contributed by atoms with Crippen LogP contribution in [-0.4, -0.2) is 42.3 Å². The Balaban J connectivity index is 1.88. The highest BCUT2D eigenvalue weighted by Gasteiger charge is 2.40. The third-order valence-corrected chi connectivity index (χ3v) is 6.53. The molecule has 0 spiro atoms. The Morgan fingerprint density at radius 3 is 2.52 bits per heavy atom. The van der Waals surface area contributed by atoms with Gasteiger partial charge in [0.2, 0.25) is 16.0 Å². The lowest BCUT2D eigenvalue weighted by atomic mass is 9.79. The maximum Gasteiger partial charge on any atom is 0.246 e. The van der Waals surface area contributed by atoms with Crippen LogP contribution in [0.4, 0.5) is 5.95 Å². The van der Waals surface area contributed by atoms with E-state index in [4.69, 9.17) is 0 Å². The molecule has 7 heteroatoms. The second-order valence-electron chi connectivity index (χ2n) is 5.86. The molecule has 6 nitrogen and oxygen atoms in total. The fourth-order valence-corrected chi connectivity index (χ4v) is 5.24. The lowest BCUT2D eigenvalue weighted by Crippen LogP contribution is -2.49. The molecular formula is C14H22N4O2S. The molecule has 0 amide bonds. The summed E-state index contributed by atoms with van der Waals surface area (Å²) < 4.78 is 27.4. The molecule has 1 aliphatic carbocycles. The van der Waals surface area contributed by atoms with Crippen LogP contribution < -0.4 is 5.32 Å². The number of fused-ring (bicyclic) bond motifs is 1. The summed E-state index contributed by atoms with van der Waals surface area (Å²) in [5.74, 6) is 0.961. The highest BCUT2D eigenvalue weighted by molar-refractivity contribution is 7.89. The number of aromatic nitrogens is 2. The van der Waals surface area contributed by atoms with Gasteiger partial charge in [-0.2, -0.15) is 4.31 Å². The highest BCUT2D eigenvalue weighted by Crippen LogP contribution is 2.37. The molecule has 0 radical (unpaired) electrons. The van der Waals surface area contributed by atoms with Crippen LogP contribution in [0.3, 0.4) is 0 Å². The molecule has 1 aliphatic heterocycles. The summed E-state index contributed by atoms with van der Waals surface area (Å²) in [4.78, 5) is 8.27. The Morgan fingerprint density at radius 1 is 1.14 bits per heavy atom. The van der Waals surface area contributed by atoms with Crippen molar-refractivity contribution in [1.29, 1.82) is 0 Å². The first-order valence-electron chi connectivity index (χ1n) is 7.64. The van der Waals surface area contributed by atoms with E-state index in [1.807, 2.05) is 0 Å². The Morgan fingerprint density at radius 2 is 1.81 bits per heavy atom. The van der Waals surface area contributed by atoms with E-state index in [1.54, 1.807) is 11.4 Å². The van der Waals surface area contributed by atoms with Crippen LogP contribution in [0.1, 0.15) is 38.5 Å². The molecule has 1 aromatic rings. The molecular weight excluding hydrogens is 288 g/mol. The van der Waals surface area contributed by atoms with E-state index in [1.165, 1.54) is 18.8 Å². The van der Waals surface area contributed by atoms with E-state index >= 15 is 0 Å². The molecule has 1 saturated heterocycles. The van der Waals surface area contributed by atoms with Gasteiger partial charge in [0.1, 0.15) is 4.90 Å². The maximum atomic E-state index is 12.9. The predicted octanol–water partition coefficient (Wildman–Crippen LogP) is 1.86. The van der Waals surface area contributed by atoms with Gasteiger partial charge in [-0.1, -0.05) is 12.8 Å². The van der Waals surface area contributed by atoms with Crippen LogP contribution in [0, 0.1) is 5.92 Å². The van der Waals surface area contributed by atoms with Gasteiger partial charge in [0.05, 0.1) is 12.4 Å². The lowest BCUT2D eigenvalue weighted by Gasteiger charge is -2.43. The SMILES string of the molecule is CNc1ncc(S(=O)(=O)N2CCCC3CCCCC32)cn1. The zero-order valence-corrected chi connectivity index (χ0v) is 13.1. The number of sulfonamides is 1. The van der Waals surface area contributed by atoms with Gasteiger partial charge in [-0.05, 0) is 31.6 Å². The second-order valence-corrected chi connectivity index (χ2v) is 7.75. The Hall–Kier alpha value is -1.21. The second kappa shape index (κ2) is 5.88. The molecule has 3 rings (SSSR count). The summed E-state index contributed by atoms with van der Waals surface area (Å²) in [5, 5.41) is 2.80. The molecule has 2 aliphatic rings. The quantitative estimate of drug-likeness (QED) is 0.922. The molecule has 116 valence electrons. The van der Waals surface area contributed by atoms with Gasteiger partial charge in [-0.25, -0.2) is 18.4 Å². The standard InChI is InChI=1S/C14H22N4O2S/c1-15-14-16-9-12(10-17-14)21(19,20)18-8-4-6-11-5-2-3-7-13(11)18/h9-11,13H,2-8H2,1H3,(H,15,16,17). The first kappa shape index (κ1) is 14.7. The Labute approximate surface area is 126 Å². The molecule has 21 heavy (non-hydrogen) atoms. The van der Waals surface area contributed by atoms with Crippen molar-refractivity contribution in [2.45, 2.75) is 49.5 Å². The van der Waals surface area contributed by atoms with Crippen molar-refractivity contribution < 1.29 is 8.42 Å².